The van der Waals surface area contributed by atoms with Gasteiger partial charge in [0.2, 0.25) is 0 Å². The quantitative estimate of drug-likeness (QED) is 0.765. The number of hydrogen-bond acceptors (Lipinski definition) is 2. The smallest absolute Gasteiger partial charge is 0.147 e. The normalized spacial score (nSPS) is 10.4. The minimum Gasteiger partial charge on any atom is -0.396 e. The van der Waals surface area contributed by atoms with Crippen molar-refractivity contribution in [3.63, 3.8) is 0 Å². The average molecular weight is 204 g/mol. The van der Waals surface area contributed by atoms with Crippen LogP contribution < -0.4 is 5.73 Å². The van der Waals surface area contributed by atoms with Gasteiger partial charge in [-0.25, -0.2) is 4.39 Å². The first-order valence-electron chi connectivity index (χ1n) is 3.87. The average Bonchev–Trinajstić information content (AvgIpc) is 2.09. The molecule has 2 nitrogen and oxygen atoms in total. The lowest BCUT2D eigenvalue weighted by molar-refractivity contribution is 0.202. The summed E-state index contributed by atoms with van der Waals surface area (Å²) in [6, 6.07) is 2.76. The predicted octanol–water partition coefficient (Wildman–Crippen LogP) is 2.25. The van der Waals surface area contributed by atoms with Crippen LogP contribution >= 0.6 is 11.6 Å². The molecule has 1 aromatic carbocycles. The number of nitrogen functional groups attached to an aromatic ring is 1. The SMILES string of the molecule is COCCc1cc(N)c(F)cc1Cl. The zero-order valence-electron chi connectivity index (χ0n) is 7.31. The Morgan fingerprint density at radius 3 is 2.85 bits per heavy atom. The molecule has 4 heteroatoms. The minimum atomic E-state index is -0.480. The highest BCUT2D eigenvalue weighted by Crippen LogP contribution is 2.22. The molecule has 0 atom stereocenters. The molecule has 0 fully saturated rings. The van der Waals surface area contributed by atoms with E-state index in [0.717, 1.165) is 5.56 Å². The van der Waals surface area contributed by atoms with Gasteiger partial charge in [0.25, 0.3) is 0 Å². The summed E-state index contributed by atoms with van der Waals surface area (Å²) >= 11 is 5.79. The standard InChI is InChI=1S/C9H11ClFNO/c1-13-3-2-6-4-9(12)8(11)5-7(6)10/h4-5H,2-3,12H2,1H3. The molecule has 1 rings (SSSR count). The van der Waals surface area contributed by atoms with E-state index in [1.54, 1.807) is 7.11 Å². The molecular weight excluding hydrogens is 193 g/mol. The molecule has 0 heterocycles. The van der Waals surface area contributed by atoms with Gasteiger partial charge in [0.15, 0.2) is 0 Å². The van der Waals surface area contributed by atoms with E-state index in [-0.39, 0.29) is 5.69 Å². The van der Waals surface area contributed by atoms with Gasteiger partial charge in [0.05, 0.1) is 12.3 Å². The van der Waals surface area contributed by atoms with E-state index in [2.05, 4.69) is 0 Å². The first-order valence-corrected chi connectivity index (χ1v) is 4.25. The highest BCUT2D eigenvalue weighted by atomic mass is 35.5. The lowest BCUT2D eigenvalue weighted by Gasteiger charge is -2.05. The van der Waals surface area contributed by atoms with Gasteiger partial charge in [-0.15, -0.1) is 0 Å². The molecule has 0 saturated heterocycles. The molecule has 0 aromatic heterocycles. The second-order valence-electron chi connectivity index (χ2n) is 2.71. The monoisotopic (exact) mass is 203 g/mol. The van der Waals surface area contributed by atoms with Gasteiger partial charge in [-0.05, 0) is 24.1 Å². The Hall–Kier alpha value is -0.800. The Morgan fingerprint density at radius 2 is 2.23 bits per heavy atom. The van der Waals surface area contributed by atoms with Crippen LogP contribution in [0.3, 0.4) is 0 Å². The van der Waals surface area contributed by atoms with Crippen LogP contribution in [-0.4, -0.2) is 13.7 Å². The fraction of sp³-hybridized carbons (Fsp3) is 0.333. The van der Waals surface area contributed by atoms with Gasteiger partial charge < -0.3 is 10.5 Å². The second kappa shape index (κ2) is 4.44. The number of hydrogen-bond donors (Lipinski definition) is 1. The van der Waals surface area contributed by atoms with Crippen LogP contribution in [0.1, 0.15) is 5.56 Å². The molecule has 0 spiro atoms. The number of ether oxygens (including phenoxy) is 1. The third-order valence-electron chi connectivity index (χ3n) is 1.74. The van der Waals surface area contributed by atoms with Crippen molar-refractivity contribution in [1.82, 2.24) is 0 Å². The Labute approximate surface area is 81.4 Å². The first kappa shape index (κ1) is 10.3. The summed E-state index contributed by atoms with van der Waals surface area (Å²) in [6.07, 6.45) is 0.639. The molecule has 0 saturated carbocycles. The summed E-state index contributed by atoms with van der Waals surface area (Å²) in [7, 11) is 1.60. The van der Waals surface area contributed by atoms with E-state index in [1.807, 2.05) is 0 Å². The molecule has 72 valence electrons. The Bertz CT molecular complexity index is 304. The number of methoxy groups -OCH3 is 1. The third kappa shape index (κ3) is 2.57. The zero-order chi connectivity index (χ0) is 9.84. The van der Waals surface area contributed by atoms with Crippen molar-refractivity contribution in [3.05, 3.63) is 28.5 Å². The van der Waals surface area contributed by atoms with Gasteiger partial charge in [-0.3, -0.25) is 0 Å². The van der Waals surface area contributed by atoms with Crippen molar-refractivity contribution in [2.24, 2.45) is 0 Å². The maximum absolute atomic E-state index is 12.8. The number of nitrogens with two attached hydrogens (primary N) is 1. The summed E-state index contributed by atoms with van der Waals surface area (Å²) in [5.41, 5.74) is 6.32. The van der Waals surface area contributed by atoms with E-state index in [4.69, 9.17) is 22.1 Å². The molecule has 0 unspecified atom stereocenters. The van der Waals surface area contributed by atoms with Crippen molar-refractivity contribution < 1.29 is 9.13 Å². The molecule has 1 aromatic rings. The number of benzene rings is 1. The van der Waals surface area contributed by atoms with Gasteiger partial charge in [-0.1, -0.05) is 11.6 Å². The number of anilines is 1. The molecule has 0 aliphatic heterocycles. The van der Waals surface area contributed by atoms with E-state index < -0.39 is 5.82 Å². The maximum atomic E-state index is 12.8. The molecule has 2 N–H and O–H groups in total. The first-order chi connectivity index (χ1) is 6.15. The van der Waals surface area contributed by atoms with Crippen molar-refractivity contribution in [3.8, 4) is 0 Å². The van der Waals surface area contributed by atoms with Crippen LogP contribution in [0, 0.1) is 5.82 Å². The van der Waals surface area contributed by atoms with E-state index in [1.165, 1.54) is 12.1 Å². The zero-order valence-corrected chi connectivity index (χ0v) is 8.07. The van der Waals surface area contributed by atoms with Crippen molar-refractivity contribution >= 4 is 17.3 Å². The van der Waals surface area contributed by atoms with Crippen LogP contribution in [0.2, 0.25) is 5.02 Å². The van der Waals surface area contributed by atoms with Crippen molar-refractivity contribution in [2.45, 2.75) is 6.42 Å². The Kier molecular flexibility index (Phi) is 3.51. The van der Waals surface area contributed by atoms with Crippen LogP contribution in [0.15, 0.2) is 12.1 Å². The van der Waals surface area contributed by atoms with Gasteiger partial charge in [0, 0.05) is 12.1 Å². The lowest BCUT2D eigenvalue weighted by atomic mass is 10.1. The molecular formula is C9H11ClFNO. The van der Waals surface area contributed by atoms with Crippen LogP contribution in [0.25, 0.3) is 0 Å². The Morgan fingerprint density at radius 1 is 1.54 bits per heavy atom. The van der Waals surface area contributed by atoms with Crippen LogP contribution in [0.5, 0.6) is 0 Å². The summed E-state index contributed by atoms with van der Waals surface area (Å²) in [5, 5.41) is 0.392. The fourth-order valence-corrected chi connectivity index (χ4v) is 1.26. The van der Waals surface area contributed by atoms with Gasteiger partial charge >= 0.3 is 0 Å². The lowest BCUT2D eigenvalue weighted by Crippen LogP contribution is -1.98. The molecule has 0 bridgehead atoms. The molecule has 0 radical (unpaired) electrons. The molecule has 0 aliphatic rings. The topological polar surface area (TPSA) is 35.2 Å². The van der Waals surface area contributed by atoms with Crippen molar-refractivity contribution in [2.75, 3.05) is 19.5 Å². The Balaban J connectivity index is 2.88. The summed E-state index contributed by atoms with van der Waals surface area (Å²) in [5.74, 6) is -0.480. The summed E-state index contributed by atoms with van der Waals surface area (Å²) in [4.78, 5) is 0. The highest BCUT2D eigenvalue weighted by molar-refractivity contribution is 6.31. The molecule has 0 aliphatic carbocycles. The third-order valence-corrected chi connectivity index (χ3v) is 2.09. The van der Waals surface area contributed by atoms with Gasteiger partial charge in [-0.2, -0.15) is 0 Å². The van der Waals surface area contributed by atoms with E-state index in [9.17, 15) is 4.39 Å². The molecule has 13 heavy (non-hydrogen) atoms. The largest absolute Gasteiger partial charge is 0.396 e. The summed E-state index contributed by atoms with van der Waals surface area (Å²) in [6.45, 7) is 0.546. The predicted molar refractivity (Wildman–Crippen MR) is 51.4 cm³/mol. The highest BCUT2D eigenvalue weighted by Gasteiger charge is 2.05. The second-order valence-corrected chi connectivity index (χ2v) is 3.12. The van der Waals surface area contributed by atoms with Crippen molar-refractivity contribution in [1.29, 1.82) is 0 Å². The van der Waals surface area contributed by atoms with E-state index in [0.29, 0.717) is 18.1 Å². The van der Waals surface area contributed by atoms with Crippen LogP contribution in [0.4, 0.5) is 10.1 Å². The fourth-order valence-electron chi connectivity index (χ4n) is 1.02. The van der Waals surface area contributed by atoms with E-state index >= 15 is 0 Å². The maximum Gasteiger partial charge on any atom is 0.147 e. The van der Waals surface area contributed by atoms with Gasteiger partial charge in [0.1, 0.15) is 5.82 Å². The number of rotatable bonds is 3. The molecule has 0 amide bonds. The summed E-state index contributed by atoms with van der Waals surface area (Å²) < 4.78 is 17.7. The number of halogens is 2. The minimum absolute atomic E-state index is 0.121. The van der Waals surface area contributed by atoms with Crippen LogP contribution in [-0.2, 0) is 11.2 Å².